The maximum absolute atomic E-state index is 13.1. The van der Waals surface area contributed by atoms with Crippen LogP contribution in [0, 0.1) is 0 Å². The van der Waals surface area contributed by atoms with Gasteiger partial charge in [-0.15, -0.1) is 0 Å². The quantitative estimate of drug-likeness (QED) is 0.545. The number of rotatable bonds is 6. The summed E-state index contributed by atoms with van der Waals surface area (Å²) in [5, 5.41) is 20.7. The van der Waals surface area contributed by atoms with E-state index >= 15 is 0 Å². The van der Waals surface area contributed by atoms with Gasteiger partial charge in [0.15, 0.2) is 0 Å². The Labute approximate surface area is 191 Å². The Kier molecular flexibility index (Phi) is 7.52. The van der Waals surface area contributed by atoms with Gasteiger partial charge in [-0.2, -0.15) is 26.3 Å². The number of aliphatic hydroxyl groups excluding tert-OH is 1. The Balaban J connectivity index is 1.52. The molecule has 1 aliphatic heterocycles. The minimum Gasteiger partial charge on any atom is -0.491 e. The molecule has 2 aromatic rings. The predicted octanol–water partition coefficient (Wildman–Crippen LogP) is 5.10. The number of likely N-dealkylation sites (tertiary alicyclic amines) is 1. The number of ether oxygens (including phenoxy) is 1. The summed E-state index contributed by atoms with van der Waals surface area (Å²) in [7, 11) is 0. The molecule has 3 rings (SSSR count). The van der Waals surface area contributed by atoms with Crippen LogP contribution in [0.5, 0.6) is 5.75 Å². The minimum atomic E-state index is -4.64. The first kappa shape index (κ1) is 25.6. The summed E-state index contributed by atoms with van der Waals surface area (Å²) in [4.78, 5) is 1.83. The topological polar surface area (TPSA) is 52.9 Å². The first-order valence-electron chi connectivity index (χ1n) is 10.1. The number of nitrogens with zero attached hydrogens (tertiary/aromatic N) is 1. The van der Waals surface area contributed by atoms with Gasteiger partial charge < -0.3 is 19.8 Å². The van der Waals surface area contributed by atoms with E-state index in [9.17, 15) is 36.6 Å². The standard InChI is InChI=1S/C22H22ClF6NO3/c23-19-6-3-15(11-18(19)22(27,28)29)20(32)7-9-30(10-8-20)12-16(31)13-33-17-4-1-14(2-5-17)21(24,25)26/h1-6,11,16,31-32H,7-10,12-13H2/t16-/m0/s1. The van der Waals surface area contributed by atoms with E-state index in [2.05, 4.69) is 0 Å². The zero-order valence-electron chi connectivity index (χ0n) is 17.3. The Hall–Kier alpha value is -2.01. The van der Waals surface area contributed by atoms with Gasteiger partial charge in [0.25, 0.3) is 0 Å². The average Bonchev–Trinajstić information content (AvgIpc) is 2.73. The van der Waals surface area contributed by atoms with E-state index in [1.54, 1.807) is 0 Å². The molecule has 1 atom stereocenters. The third-order valence-electron chi connectivity index (χ3n) is 5.59. The van der Waals surface area contributed by atoms with Gasteiger partial charge in [0.05, 0.1) is 21.8 Å². The summed E-state index contributed by atoms with van der Waals surface area (Å²) >= 11 is 5.65. The Morgan fingerprint density at radius 3 is 2.12 bits per heavy atom. The fourth-order valence-electron chi connectivity index (χ4n) is 3.71. The smallest absolute Gasteiger partial charge is 0.417 e. The fourth-order valence-corrected chi connectivity index (χ4v) is 3.93. The number of halogens is 7. The third kappa shape index (κ3) is 6.53. The lowest BCUT2D eigenvalue weighted by Gasteiger charge is -2.39. The molecule has 1 saturated heterocycles. The molecule has 182 valence electrons. The maximum Gasteiger partial charge on any atom is 0.417 e. The van der Waals surface area contributed by atoms with Gasteiger partial charge in [-0.3, -0.25) is 0 Å². The molecule has 1 aliphatic rings. The van der Waals surface area contributed by atoms with Crippen molar-refractivity contribution in [1.29, 1.82) is 0 Å². The van der Waals surface area contributed by atoms with Gasteiger partial charge >= 0.3 is 12.4 Å². The van der Waals surface area contributed by atoms with Crippen molar-refractivity contribution < 1.29 is 41.3 Å². The number of hydrogen-bond acceptors (Lipinski definition) is 4. The van der Waals surface area contributed by atoms with Crippen LogP contribution in [0.1, 0.15) is 29.5 Å². The van der Waals surface area contributed by atoms with Crippen LogP contribution in [-0.2, 0) is 18.0 Å². The zero-order chi connectivity index (χ0) is 24.4. The highest BCUT2D eigenvalue weighted by atomic mass is 35.5. The molecule has 0 saturated carbocycles. The lowest BCUT2D eigenvalue weighted by Crippen LogP contribution is -2.46. The first-order chi connectivity index (χ1) is 15.3. The van der Waals surface area contributed by atoms with Crippen LogP contribution in [0.25, 0.3) is 0 Å². The largest absolute Gasteiger partial charge is 0.491 e. The molecule has 1 fully saturated rings. The Morgan fingerprint density at radius 1 is 0.970 bits per heavy atom. The predicted molar refractivity (Wildman–Crippen MR) is 109 cm³/mol. The minimum absolute atomic E-state index is 0.130. The van der Waals surface area contributed by atoms with Gasteiger partial charge in [-0.1, -0.05) is 17.7 Å². The average molecular weight is 498 g/mol. The van der Waals surface area contributed by atoms with Crippen molar-refractivity contribution in [3.63, 3.8) is 0 Å². The highest BCUT2D eigenvalue weighted by Crippen LogP contribution is 2.40. The molecule has 33 heavy (non-hydrogen) atoms. The van der Waals surface area contributed by atoms with Crippen LogP contribution in [0.3, 0.4) is 0 Å². The molecule has 0 bridgehead atoms. The normalized spacial score (nSPS) is 18.2. The fraction of sp³-hybridized carbons (Fsp3) is 0.455. The van der Waals surface area contributed by atoms with E-state index in [1.165, 1.54) is 6.07 Å². The lowest BCUT2D eigenvalue weighted by atomic mass is 9.83. The van der Waals surface area contributed by atoms with E-state index in [1.807, 2.05) is 4.90 Å². The molecule has 2 N–H and O–H groups in total. The van der Waals surface area contributed by atoms with Crippen molar-refractivity contribution in [3.05, 3.63) is 64.2 Å². The van der Waals surface area contributed by atoms with Gasteiger partial charge in [0.1, 0.15) is 18.5 Å². The summed E-state index contributed by atoms with van der Waals surface area (Å²) in [5.41, 5.74) is -3.14. The lowest BCUT2D eigenvalue weighted by molar-refractivity contribution is -0.138. The maximum atomic E-state index is 13.1. The summed E-state index contributed by atoms with van der Waals surface area (Å²) in [5.74, 6) is 0.179. The summed E-state index contributed by atoms with van der Waals surface area (Å²) in [6, 6.07) is 7.45. The molecule has 11 heteroatoms. The number of benzene rings is 2. The van der Waals surface area contributed by atoms with Crippen LogP contribution in [0.4, 0.5) is 26.3 Å². The van der Waals surface area contributed by atoms with E-state index in [4.69, 9.17) is 16.3 Å². The second-order valence-corrected chi connectivity index (χ2v) is 8.42. The zero-order valence-corrected chi connectivity index (χ0v) is 18.0. The molecule has 0 amide bonds. The van der Waals surface area contributed by atoms with Crippen LogP contribution in [0.2, 0.25) is 5.02 Å². The summed E-state index contributed by atoms with van der Waals surface area (Å²) in [6.07, 6.45) is -9.74. The third-order valence-corrected chi connectivity index (χ3v) is 5.91. The van der Waals surface area contributed by atoms with Crippen molar-refractivity contribution in [2.75, 3.05) is 26.2 Å². The molecule has 0 aromatic heterocycles. The first-order valence-corrected chi connectivity index (χ1v) is 10.5. The van der Waals surface area contributed by atoms with Crippen molar-refractivity contribution >= 4 is 11.6 Å². The molecule has 0 radical (unpaired) electrons. The number of alkyl halides is 6. The molecule has 0 spiro atoms. The van der Waals surface area contributed by atoms with Crippen molar-refractivity contribution in [2.45, 2.75) is 36.9 Å². The number of hydrogen-bond donors (Lipinski definition) is 2. The summed E-state index contributed by atoms with van der Waals surface area (Å²) < 4.78 is 82.5. The van der Waals surface area contributed by atoms with E-state index < -0.39 is 40.2 Å². The van der Waals surface area contributed by atoms with Gasteiger partial charge in [0, 0.05) is 19.6 Å². The number of aliphatic hydroxyl groups is 2. The van der Waals surface area contributed by atoms with Crippen LogP contribution in [0.15, 0.2) is 42.5 Å². The highest BCUT2D eigenvalue weighted by Gasteiger charge is 2.38. The van der Waals surface area contributed by atoms with Gasteiger partial charge in [-0.05, 0) is 54.8 Å². The van der Waals surface area contributed by atoms with Crippen LogP contribution in [-0.4, -0.2) is 47.5 Å². The second kappa shape index (κ2) is 9.69. The van der Waals surface area contributed by atoms with E-state index in [0.29, 0.717) is 13.1 Å². The van der Waals surface area contributed by atoms with E-state index in [-0.39, 0.29) is 37.3 Å². The molecule has 0 aliphatic carbocycles. The Morgan fingerprint density at radius 2 is 1.58 bits per heavy atom. The molecule has 4 nitrogen and oxygen atoms in total. The molecule has 2 aromatic carbocycles. The molecule has 1 heterocycles. The Bertz CT molecular complexity index is 941. The van der Waals surface area contributed by atoms with Crippen LogP contribution >= 0.6 is 11.6 Å². The highest BCUT2D eigenvalue weighted by molar-refractivity contribution is 6.31. The van der Waals surface area contributed by atoms with Crippen molar-refractivity contribution in [1.82, 2.24) is 4.90 Å². The van der Waals surface area contributed by atoms with Gasteiger partial charge in [0.2, 0.25) is 0 Å². The number of piperidine rings is 1. The summed E-state index contributed by atoms with van der Waals surface area (Å²) in [6.45, 7) is 0.652. The SMILES string of the molecule is O[C@H](COc1ccc(C(F)(F)F)cc1)CN1CCC(O)(c2ccc(Cl)c(C(F)(F)F)c2)CC1. The van der Waals surface area contributed by atoms with Crippen molar-refractivity contribution in [3.8, 4) is 5.75 Å². The number of β-amino-alcohol motifs (C(OH)–C–C–N with tert-alkyl or cyclic N) is 1. The molecule has 0 unspecified atom stereocenters. The second-order valence-electron chi connectivity index (χ2n) is 8.01. The molecular formula is C22H22ClF6NO3. The van der Waals surface area contributed by atoms with E-state index in [0.717, 1.165) is 36.4 Å². The molecular weight excluding hydrogens is 476 g/mol. The van der Waals surface area contributed by atoms with Crippen LogP contribution < -0.4 is 4.74 Å². The van der Waals surface area contributed by atoms with Crippen molar-refractivity contribution in [2.24, 2.45) is 0 Å². The monoisotopic (exact) mass is 497 g/mol. The van der Waals surface area contributed by atoms with Gasteiger partial charge in [-0.25, -0.2) is 0 Å².